The molecule has 0 aliphatic carbocycles. The van der Waals surface area contributed by atoms with Crippen LogP contribution in [0.25, 0.3) is 0 Å². The van der Waals surface area contributed by atoms with E-state index < -0.39 is 5.97 Å². The number of unbranched alkanes of at least 4 members (excludes halogenated alkanes) is 3. The molecule has 1 aromatic heterocycles. The number of aromatic nitrogens is 1. The number of aromatic carboxylic acids is 1. The average molecular weight is 264 g/mol. The van der Waals surface area contributed by atoms with Crippen LogP contribution in [0, 0.1) is 0 Å². The minimum atomic E-state index is -1.24. The Kier molecular flexibility index (Phi) is 6.57. The SMILES string of the molecule is CCCCCCNC(=O)C[n+]1cccc(C(=O)[O-])c1. The number of carbonyl (C=O) groups excluding carboxylic acids is 2. The normalized spacial score (nSPS) is 10.2. The van der Waals surface area contributed by atoms with Gasteiger partial charge in [0.25, 0.3) is 5.91 Å². The first kappa shape index (κ1) is 15.1. The molecule has 19 heavy (non-hydrogen) atoms. The Hall–Kier alpha value is -1.91. The second kappa shape index (κ2) is 8.24. The Balaban J connectivity index is 2.35. The van der Waals surface area contributed by atoms with Crippen molar-refractivity contribution in [3.8, 4) is 0 Å². The molecular weight excluding hydrogens is 244 g/mol. The van der Waals surface area contributed by atoms with E-state index in [-0.39, 0.29) is 18.0 Å². The summed E-state index contributed by atoms with van der Waals surface area (Å²) in [5.41, 5.74) is 0.0678. The van der Waals surface area contributed by atoms with Crippen molar-refractivity contribution in [2.45, 2.75) is 39.2 Å². The van der Waals surface area contributed by atoms with E-state index in [9.17, 15) is 14.7 Å². The Labute approximate surface area is 113 Å². The highest BCUT2D eigenvalue weighted by atomic mass is 16.4. The third-order valence-corrected chi connectivity index (χ3v) is 2.77. The van der Waals surface area contributed by atoms with Gasteiger partial charge in [0.1, 0.15) is 0 Å². The summed E-state index contributed by atoms with van der Waals surface area (Å²) in [6, 6.07) is 3.02. The van der Waals surface area contributed by atoms with Gasteiger partial charge in [0.2, 0.25) is 6.54 Å². The molecule has 0 bridgehead atoms. The van der Waals surface area contributed by atoms with Gasteiger partial charge in [-0.25, -0.2) is 0 Å². The summed E-state index contributed by atoms with van der Waals surface area (Å²) in [6.07, 6.45) is 7.49. The van der Waals surface area contributed by atoms with Crippen molar-refractivity contribution in [1.29, 1.82) is 0 Å². The summed E-state index contributed by atoms with van der Waals surface area (Å²) in [5, 5.41) is 13.5. The van der Waals surface area contributed by atoms with Crippen molar-refractivity contribution in [2.75, 3.05) is 6.54 Å². The summed E-state index contributed by atoms with van der Waals surface area (Å²) in [6.45, 7) is 2.92. The number of hydrogen-bond donors (Lipinski definition) is 1. The Morgan fingerprint density at radius 3 is 2.79 bits per heavy atom. The van der Waals surface area contributed by atoms with E-state index >= 15 is 0 Å². The molecule has 0 aliphatic heterocycles. The standard InChI is InChI=1S/C14H20N2O3/c1-2-3-4-5-8-15-13(17)11-16-9-6-7-12(10-16)14(18)19/h6-7,9-10H,2-5,8,11H2,1H3,(H-,15,17,18,19). The molecule has 0 aliphatic rings. The van der Waals surface area contributed by atoms with E-state index in [0.717, 1.165) is 12.8 Å². The molecule has 1 aromatic rings. The van der Waals surface area contributed by atoms with Crippen molar-refractivity contribution in [1.82, 2.24) is 5.32 Å². The Morgan fingerprint density at radius 2 is 2.11 bits per heavy atom. The van der Waals surface area contributed by atoms with E-state index in [1.165, 1.54) is 29.7 Å². The lowest BCUT2D eigenvalue weighted by molar-refractivity contribution is -0.684. The molecule has 0 fully saturated rings. The monoisotopic (exact) mass is 264 g/mol. The van der Waals surface area contributed by atoms with E-state index in [2.05, 4.69) is 12.2 Å². The molecule has 104 valence electrons. The maximum Gasteiger partial charge on any atom is 0.285 e. The predicted molar refractivity (Wildman–Crippen MR) is 68.1 cm³/mol. The Bertz CT molecular complexity index is 432. The number of carboxylic acids is 1. The largest absolute Gasteiger partial charge is 0.545 e. The van der Waals surface area contributed by atoms with Crippen molar-refractivity contribution in [3.05, 3.63) is 30.1 Å². The van der Waals surface area contributed by atoms with Crippen molar-refractivity contribution < 1.29 is 19.3 Å². The quantitative estimate of drug-likeness (QED) is 0.532. The van der Waals surface area contributed by atoms with Crippen LogP contribution in [-0.4, -0.2) is 18.4 Å². The summed E-state index contributed by atoms with van der Waals surface area (Å²) >= 11 is 0. The molecule has 5 nitrogen and oxygen atoms in total. The smallest absolute Gasteiger partial charge is 0.285 e. The average Bonchev–Trinajstić information content (AvgIpc) is 2.38. The third-order valence-electron chi connectivity index (χ3n) is 2.77. The van der Waals surface area contributed by atoms with Gasteiger partial charge >= 0.3 is 0 Å². The first-order chi connectivity index (χ1) is 9.13. The highest BCUT2D eigenvalue weighted by Gasteiger charge is 2.09. The predicted octanol–water partition coefficient (Wildman–Crippen LogP) is 0.0341. The van der Waals surface area contributed by atoms with Crippen LogP contribution in [-0.2, 0) is 11.3 Å². The molecule has 0 unspecified atom stereocenters. The number of hydrogen-bond acceptors (Lipinski definition) is 3. The van der Waals surface area contributed by atoms with Crippen LogP contribution in [0.3, 0.4) is 0 Å². The van der Waals surface area contributed by atoms with Gasteiger partial charge < -0.3 is 15.2 Å². The zero-order valence-electron chi connectivity index (χ0n) is 11.2. The van der Waals surface area contributed by atoms with Crippen LogP contribution < -0.4 is 15.0 Å². The zero-order valence-corrected chi connectivity index (χ0v) is 11.2. The lowest BCUT2D eigenvalue weighted by Crippen LogP contribution is -2.43. The number of amides is 1. The second-order valence-electron chi connectivity index (χ2n) is 4.46. The molecule has 1 N–H and O–H groups in total. The molecule has 5 heteroatoms. The minimum absolute atomic E-state index is 0.0678. The van der Waals surface area contributed by atoms with Crippen LogP contribution in [0.5, 0.6) is 0 Å². The minimum Gasteiger partial charge on any atom is -0.545 e. The van der Waals surface area contributed by atoms with Crippen molar-refractivity contribution in [2.24, 2.45) is 0 Å². The topological polar surface area (TPSA) is 73.1 Å². The van der Waals surface area contributed by atoms with E-state index in [1.54, 1.807) is 12.3 Å². The Morgan fingerprint density at radius 1 is 1.32 bits per heavy atom. The van der Waals surface area contributed by atoms with Gasteiger partial charge in [0.05, 0.1) is 11.5 Å². The summed E-state index contributed by atoms with van der Waals surface area (Å²) in [5.74, 6) is -1.36. The molecule has 0 radical (unpaired) electrons. The highest BCUT2D eigenvalue weighted by molar-refractivity contribution is 5.84. The fourth-order valence-corrected chi connectivity index (χ4v) is 1.74. The number of nitrogens with one attached hydrogen (secondary N) is 1. The van der Waals surface area contributed by atoms with Crippen LogP contribution in [0.4, 0.5) is 0 Å². The number of carbonyl (C=O) groups is 2. The number of carboxylic acid groups (broad SMARTS) is 1. The maximum absolute atomic E-state index is 11.6. The number of pyridine rings is 1. The molecule has 0 spiro atoms. The van der Waals surface area contributed by atoms with E-state index in [1.807, 2.05) is 0 Å². The first-order valence-electron chi connectivity index (χ1n) is 6.60. The van der Waals surface area contributed by atoms with Crippen molar-refractivity contribution >= 4 is 11.9 Å². The van der Waals surface area contributed by atoms with Crippen LogP contribution in [0.2, 0.25) is 0 Å². The van der Waals surface area contributed by atoms with Gasteiger partial charge in [0, 0.05) is 12.6 Å². The number of rotatable bonds is 8. The number of nitrogens with zero attached hydrogens (tertiary/aromatic N) is 1. The van der Waals surface area contributed by atoms with Gasteiger partial charge in [0.15, 0.2) is 12.4 Å². The third kappa shape index (κ3) is 5.99. The van der Waals surface area contributed by atoms with Gasteiger partial charge in [-0.3, -0.25) is 4.79 Å². The van der Waals surface area contributed by atoms with Gasteiger partial charge in [-0.2, -0.15) is 4.57 Å². The van der Waals surface area contributed by atoms with Gasteiger partial charge in [-0.05, 0) is 12.5 Å². The van der Waals surface area contributed by atoms with E-state index in [4.69, 9.17) is 0 Å². The van der Waals surface area contributed by atoms with E-state index in [0.29, 0.717) is 6.54 Å². The summed E-state index contributed by atoms with van der Waals surface area (Å²) in [7, 11) is 0. The zero-order chi connectivity index (χ0) is 14.1. The molecular formula is C14H20N2O3. The molecule has 0 aromatic carbocycles. The van der Waals surface area contributed by atoms with Crippen LogP contribution in [0.15, 0.2) is 24.5 Å². The fourth-order valence-electron chi connectivity index (χ4n) is 1.74. The molecule has 0 saturated carbocycles. The summed E-state index contributed by atoms with van der Waals surface area (Å²) < 4.78 is 1.53. The highest BCUT2D eigenvalue weighted by Crippen LogP contribution is 1.97. The van der Waals surface area contributed by atoms with Crippen LogP contribution in [0.1, 0.15) is 43.0 Å². The lowest BCUT2D eigenvalue weighted by Gasteiger charge is -2.04. The summed E-state index contributed by atoms with van der Waals surface area (Å²) in [4.78, 5) is 22.3. The molecule has 1 amide bonds. The fraction of sp³-hybridized carbons (Fsp3) is 0.500. The molecule has 0 saturated heterocycles. The first-order valence-corrected chi connectivity index (χ1v) is 6.60. The molecule has 1 heterocycles. The van der Waals surface area contributed by atoms with Crippen LogP contribution >= 0.6 is 0 Å². The lowest BCUT2D eigenvalue weighted by atomic mass is 10.2. The van der Waals surface area contributed by atoms with Crippen molar-refractivity contribution in [3.63, 3.8) is 0 Å². The maximum atomic E-state index is 11.6. The molecule has 1 rings (SSSR count). The molecule has 0 atom stereocenters. The van der Waals surface area contributed by atoms with Gasteiger partial charge in [-0.1, -0.05) is 26.2 Å². The van der Waals surface area contributed by atoms with Gasteiger partial charge in [-0.15, -0.1) is 0 Å². The second-order valence-corrected chi connectivity index (χ2v) is 4.46.